The first-order valence-electron chi connectivity index (χ1n) is 18.7. The van der Waals surface area contributed by atoms with E-state index in [-0.39, 0.29) is 18.6 Å². The molecule has 51 heavy (non-hydrogen) atoms. The van der Waals surface area contributed by atoms with Crippen molar-refractivity contribution in [2.75, 3.05) is 76.6 Å². The van der Waals surface area contributed by atoms with Crippen LogP contribution in [0.1, 0.15) is 85.6 Å². The molecule has 2 heterocycles. The number of piperidine rings is 1. The van der Waals surface area contributed by atoms with Crippen LogP contribution in [0.3, 0.4) is 0 Å². The van der Waals surface area contributed by atoms with Gasteiger partial charge in [0.1, 0.15) is 5.76 Å². The number of anilines is 1. The summed E-state index contributed by atoms with van der Waals surface area (Å²) in [4.78, 5) is 42.3. The minimum Gasteiger partial charge on any atom is -0.510 e. The third-order valence-electron chi connectivity index (χ3n) is 8.32. The summed E-state index contributed by atoms with van der Waals surface area (Å²) in [6.07, 6.45) is 8.22. The van der Waals surface area contributed by atoms with Gasteiger partial charge in [-0.1, -0.05) is 74.3 Å². The van der Waals surface area contributed by atoms with Crippen molar-refractivity contribution in [2.45, 2.75) is 92.5 Å². The molecule has 0 radical (unpaired) electrons. The number of nitrogens with one attached hydrogen (secondary N) is 2. The second kappa shape index (κ2) is 31.0. The topological polar surface area (TPSA) is 140 Å². The number of rotatable bonds is 10. The van der Waals surface area contributed by atoms with Gasteiger partial charge in [-0.25, -0.2) is 4.79 Å². The van der Waals surface area contributed by atoms with Gasteiger partial charge >= 0.3 is 6.09 Å². The zero-order chi connectivity index (χ0) is 38.4. The van der Waals surface area contributed by atoms with Gasteiger partial charge in [0.15, 0.2) is 6.61 Å². The number of hydrogen-bond donors (Lipinski definition) is 4. The molecular weight excluding hydrogens is 780 g/mol. The van der Waals surface area contributed by atoms with E-state index in [0.717, 1.165) is 74.0 Å². The number of allylic oxidation sites excluding steroid dienone is 4. The largest absolute Gasteiger partial charge is 0.510 e. The average molecular weight is 847 g/mol. The smallest absolute Gasteiger partial charge is 0.410 e. The van der Waals surface area contributed by atoms with Gasteiger partial charge in [-0.2, -0.15) is 0 Å². The molecule has 11 nitrogen and oxygen atoms in total. The maximum absolute atomic E-state index is 12.7. The van der Waals surface area contributed by atoms with Crippen molar-refractivity contribution >= 4 is 56.0 Å². The molecule has 5 N–H and O–H groups in total. The zero-order valence-corrected chi connectivity index (χ0v) is 35.2. The number of likely N-dealkylation sites (tertiary alicyclic amines) is 1. The maximum atomic E-state index is 12.7. The number of para-hydroxylation sites is 1. The van der Waals surface area contributed by atoms with E-state index in [9.17, 15) is 19.5 Å². The minimum absolute atomic E-state index is 0.0727. The predicted octanol–water partition coefficient (Wildman–Crippen LogP) is 7.02. The zero-order valence-electron chi connectivity index (χ0n) is 32.0. The third-order valence-corrected chi connectivity index (χ3v) is 9.54. The Bertz CT molecular complexity index is 1150. The first-order valence-corrected chi connectivity index (χ1v) is 20.6. The average Bonchev–Trinajstić information content (AvgIpc) is 3.16. The van der Waals surface area contributed by atoms with Crippen LogP contribution in [0.4, 0.5) is 10.5 Å². The van der Waals surface area contributed by atoms with Gasteiger partial charge in [0.2, 0.25) is 6.41 Å². The van der Waals surface area contributed by atoms with Crippen molar-refractivity contribution in [2.24, 2.45) is 0 Å². The molecule has 3 rings (SSSR count). The molecule has 2 saturated heterocycles. The van der Waals surface area contributed by atoms with Crippen LogP contribution in [0, 0.1) is 0 Å². The Morgan fingerprint density at radius 2 is 1.59 bits per heavy atom. The van der Waals surface area contributed by atoms with Crippen LogP contribution >= 0.6 is 31.9 Å². The van der Waals surface area contributed by atoms with Crippen LogP contribution in [0.15, 0.2) is 46.2 Å². The summed E-state index contributed by atoms with van der Waals surface area (Å²) in [5.41, 5.74) is 9.02. The fraction of sp³-hybridized carbons (Fsp3) is 0.658. The summed E-state index contributed by atoms with van der Waals surface area (Å²) in [5.74, 6) is 0.188. The highest BCUT2D eigenvalue weighted by atomic mass is 79.9. The lowest BCUT2D eigenvalue weighted by atomic mass is 10.0. The van der Waals surface area contributed by atoms with E-state index in [1.807, 2.05) is 69.9 Å². The van der Waals surface area contributed by atoms with E-state index in [1.165, 1.54) is 5.57 Å². The number of hydrogen-bond acceptors (Lipinski definition) is 8. The van der Waals surface area contributed by atoms with Crippen molar-refractivity contribution in [3.8, 4) is 0 Å². The van der Waals surface area contributed by atoms with Crippen LogP contribution in [0.25, 0.3) is 0 Å². The van der Waals surface area contributed by atoms with E-state index in [4.69, 9.17) is 10.5 Å². The first-order chi connectivity index (χ1) is 24.7. The van der Waals surface area contributed by atoms with Crippen molar-refractivity contribution in [3.05, 3.63) is 51.7 Å². The minimum atomic E-state index is -0.461. The number of ether oxygens (including phenoxy) is 1. The molecule has 13 heteroatoms. The van der Waals surface area contributed by atoms with Gasteiger partial charge in [-0.3, -0.25) is 9.59 Å². The lowest BCUT2D eigenvalue weighted by molar-refractivity contribution is -0.135. The van der Waals surface area contributed by atoms with Crippen molar-refractivity contribution in [1.82, 2.24) is 25.3 Å². The van der Waals surface area contributed by atoms with Crippen LogP contribution in [-0.4, -0.2) is 115 Å². The summed E-state index contributed by atoms with van der Waals surface area (Å²) in [6, 6.07) is 7.76. The highest BCUT2D eigenvalue weighted by Gasteiger charge is 2.28. The molecule has 0 bridgehead atoms. The van der Waals surface area contributed by atoms with Crippen LogP contribution in [0.2, 0.25) is 0 Å². The molecule has 1 aromatic carbocycles. The van der Waals surface area contributed by atoms with Crippen molar-refractivity contribution < 1.29 is 24.2 Å². The Labute approximate surface area is 325 Å². The second-order valence-corrected chi connectivity index (χ2v) is 13.2. The standard InChI is InChI=1S/C26H42N6O4.C8H12Br2O.2C2H6/c27-24-7-2-1-6-22(24)8-17-32(21-33)23-9-18-31(19-10-23)26(35)36-20-25(34)30-15-4-3-11-28-13-14-29-12-5-16-30;1-3-6(2)4-7(10)8(11)5-9;2*1-2/h1-2,6-7,21,23,28-29H,3-5,8-20,27H2;4,11H,3,5H2,1-2H3;2*1-2H3/b;6-4-,8-7-;;. The number of carbonyl (C=O) groups is 3. The molecular formula is C38H66Br2N6O5. The van der Waals surface area contributed by atoms with Gasteiger partial charge in [0.25, 0.3) is 5.91 Å². The van der Waals surface area contributed by atoms with E-state index < -0.39 is 6.09 Å². The lowest BCUT2D eigenvalue weighted by Gasteiger charge is -2.36. The molecule has 0 aromatic heterocycles. The molecule has 0 spiro atoms. The molecule has 0 atom stereocenters. The molecule has 1 aromatic rings. The van der Waals surface area contributed by atoms with Crippen molar-refractivity contribution in [3.63, 3.8) is 0 Å². The Morgan fingerprint density at radius 3 is 2.18 bits per heavy atom. The van der Waals surface area contributed by atoms with Crippen LogP contribution in [-0.2, 0) is 20.7 Å². The van der Waals surface area contributed by atoms with Gasteiger partial charge in [0, 0.05) is 57.5 Å². The fourth-order valence-corrected chi connectivity index (χ4v) is 6.43. The number of nitrogen functional groups attached to an aromatic ring is 1. The maximum Gasteiger partial charge on any atom is 0.410 e. The van der Waals surface area contributed by atoms with Gasteiger partial charge in [-0.05, 0) is 98.6 Å². The lowest BCUT2D eigenvalue weighted by Crippen LogP contribution is -2.47. The number of amides is 3. The Hall–Kier alpha value is -2.61. The SMILES string of the molecule is CC.CC.CC/C(C)=C\C(Br)=C(\O)CBr.Nc1ccccc1CCN(C=O)C1CCN(C(=O)OCC(=O)N2CCCCNCCNCCC2)CC1. The summed E-state index contributed by atoms with van der Waals surface area (Å²) in [7, 11) is 0. The molecule has 292 valence electrons. The van der Waals surface area contributed by atoms with Gasteiger partial charge in [-0.15, -0.1) is 0 Å². The third kappa shape index (κ3) is 20.9. The Kier molecular flexibility index (Phi) is 29.4. The van der Waals surface area contributed by atoms with Crippen molar-refractivity contribution in [1.29, 1.82) is 0 Å². The Morgan fingerprint density at radius 1 is 0.980 bits per heavy atom. The van der Waals surface area contributed by atoms with Crippen LogP contribution < -0.4 is 16.4 Å². The molecule has 2 aliphatic heterocycles. The molecule has 0 aliphatic carbocycles. The molecule has 2 aliphatic rings. The molecule has 3 amide bonds. The normalized spacial score (nSPS) is 16.5. The van der Waals surface area contributed by atoms with Gasteiger partial charge < -0.3 is 40.9 Å². The fourth-order valence-electron chi connectivity index (χ4n) is 5.22. The highest BCUT2D eigenvalue weighted by Crippen LogP contribution is 2.19. The number of nitrogens with zero attached hydrogens (tertiary/aromatic N) is 3. The van der Waals surface area contributed by atoms with E-state index in [2.05, 4.69) is 49.4 Å². The molecule has 0 unspecified atom stereocenters. The summed E-state index contributed by atoms with van der Waals surface area (Å²) in [5, 5.41) is 16.5. The summed E-state index contributed by atoms with van der Waals surface area (Å²) in [6.45, 7) is 18.5. The van der Waals surface area contributed by atoms with E-state index in [0.29, 0.717) is 63.1 Å². The quantitative estimate of drug-likeness (QED) is 0.0649. The number of aliphatic hydroxyl groups excluding tert-OH is 1. The number of alkyl halides is 1. The number of benzene rings is 1. The van der Waals surface area contributed by atoms with E-state index >= 15 is 0 Å². The number of halogens is 2. The Balaban J connectivity index is 0.00000141. The predicted molar refractivity (Wildman–Crippen MR) is 219 cm³/mol. The highest BCUT2D eigenvalue weighted by molar-refractivity contribution is 9.12. The molecule has 0 saturated carbocycles. The first kappa shape index (κ1) is 48.4. The second-order valence-electron chi connectivity index (χ2n) is 11.8. The molecule has 2 fully saturated rings. The summed E-state index contributed by atoms with van der Waals surface area (Å²) >= 11 is 6.43. The van der Waals surface area contributed by atoms with Gasteiger partial charge in [0.05, 0.1) is 9.81 Å². The summed E-state index contributed by atoms with van der Waals surface area (Å²) < 4.78 is 6.14. The number of aliphatic hydroxyl groups is 1. The van der Waals surface area contributed by atoms with Crippen LogP contribution in [0.5, 0.6) is 0 Å². The number of nitrogens with two attached hydrogens (primary N) is 1. The monoisotopic (exact) mass is 844 g/mol. The van der Waals surface area contributed by atoms with E-state index in [1.54, 1.807) is 9.80 Å². The number of carbonyl (C=O) groups excluding carboxylic acids is 3.